The van der Waals surface area contributed by atoms with E-state index in [1.807, 2.05) is 0 Å². The molecule has 1 aromatic heterocycles. The third-order valence-electron chi connectivity index (χ3n) is 3.20. The van der Waals surface area contributed by atoms with Crippen LogP contribution in [0.2, 0.25) is 0 Å². The van der Waals surface area contributed by atoms with Crippen molar-refractivity contribution in [1.82, 2.24) is 0 Å². The molecule has 0 saturated heterocycles. The van der Waals surface area contributed by atoms with Crippen molar-refractivity contribution in [3.63, 3.8) is 0 Å². The van der Waals surface area contributed by atoms with E-state index in [0.717, 1.165) is 17.4 Å². The number of carbonyl (C=O) groups excluding carboxylic acids is 1. The Balaban J connectivity index is 2.17. The van der Waals surface area contributed by atoms with Gasteiger partial charge in [-0.1, -0.05) is 0 Å². The SMILES string of the molecule is COC1=C(F)CC2=NC(C)=[C]C2=C1C(=O)c1csc(F)c1. The van der Waals surface area contributed by atoms with Crippen LogP contribution in [0, 0.1) is 11.2 Å². The van der Waals surface area contributed by atoms with Crippen LogP contribution in [0.5, 0.6) is 0 Å². The Bertz CT molecular complexity index is 768. The summed E-state index contributed by atoms with van der Waals surface area (Å²) in [5.41, 5.74) is 1.67. The zero-order chi connectivity index (χ0) is 15.1. The van der Waals surface area contributed by atoms with E-state index in [0.29, 0.717) is 17.0 Å². The molecule has 1 radical (unpaired) electrons. The maximum absolute atomic E-state index is 14.1. The lowest BCUT2D eigenvalue weighted by Crippen LogP contribution is -2.18. The van der Waals surface area contributed by atoms with Crippen molar-refractivity contribution in [2.75, 3.05) is 7.11 Å². The molecule has 0 saturated carbocycles. The van der Waals surface area contributed by atoms with Gasteiger partial charge in [0.25, 0.3) is 0 Å². The normalized spacial score (nSPS) is 17.7. The van der Waals surface area contributed by atoms with Crippen LogP contribution in [0.15, 0.2) is 44.9 Å². The number of ketones is 1. The van der Waals surface area contributed by atoms with Crippen LogP contribution < -0.4 is 0 Å². The maximum atomic E-state index is 14.1. The van der Waals surface area contributed by atoms with Crippen molar-refractivity contribution in [2.24, 2.45) is 4.99 Å². The van der Waals surface area contributed by atoms with Crippen molar-refractivity contribution < 1.29 is 18.3 Å². The summed E-state index contributed by atoms with van der Waals surface area (Å²) in [6.07, 6.45) is 2.92. The number of nitrogens with zero attached hydrogens (tertiary/aromatic N) is 1. The molecule has 1 aliphatic carbocycles. The molecule has 2 heterocycles. The van der Waals surface area contributed by atoms with Crippen molar-refractivity contribution in [2.45, 2.75) is 13.3 Å². The van der Waals surface area contributed by atoms with Crippen molar-refractivity contribution in [3.8, 4) is 0 Å². The Morgan fingerprint density at radius 3 is 2.86 bits per heavy atom. The van der Waals surface area contributed by atoms with Gasteiger partial charge in [-0.25, -0.2) is 4.39 Å². The molecule has 1 aliphatic heterocycles. The number of carbonyl (C=O) groups is 1. The van der Waals surface area contributed by atoms with Crippen LogP contribution in [0.25, 0.3) is 0 Å². The topological polar surface area (TPSA) is 38.7 Å². The number of fused-ring (bicyclic) bond motifs is 1. The minimum atomic E-state index is -0.560. The molecule has 21 heavy (non-hydrogen) atoms. The second-order valence-corrected chi connectivity index (χ2v) is 5.46. The molecule has 0 bridgehead atoms. The van der Waals surface area contributed by atoms with E-state index in [1.54, 1.807) is 6.92 Å². The lowest BCUT2D eigenvalue weighted by Gasteiger charge is -2.19. The van der Waals surface area contributed by atoms with E-state index in [1.165, 1.54) is 12.5 Å². The van der Waals surface area contributed by atoms with E-state index < -0.39 is 16.7 Å². The van der Waals surface area contributed by atoms with E-state index in [4.69, 9.17) is 4.74 Å². The van der Waals surface area contributed by atoms with Crippen LogP contribution in [-0.4, -0.2) is 18.6 Å². The highest BCUT2D eigenvalue weighted by atomic mass is 32.1. The molecule has 0 fully saturated rings. The molecule has 6 heteroatoms. The standard InChI is InChI=1S/C15H10F2NO2S/c1-7-3-9-11(18-7)5-10(16)15(20-2)13(9)14(19)8-4-12(17)21-6-8/h4,6H,5H2,1-2H3. The first-order valence-corrected chi connectivity index (χ1v) is 7.03. The van der Waals surface area contributed by atoms with E-state index in [2.05, 4.69) is 11.1 Å². The first-order valence-electron chi connectivity index (χ1n) is 6.15. The lowest BCUT2D eigenvalue weighted by atomic mass is 9.89. The van der Waals surface area contributed by atoms with Gasteiger partial charge in [0.15, 0.2) is 16.7 Å². The number of aliphatic imine (C=N–C) groups is 1. The van der Waals surface area contributed by atoms with Crippen LogP contribution in [0.1, 0.15) is 23.7 Å². The van der Waals surface area contributed by atoms with Crippen LogP contribution >= 0.6 is 11.3 Å². The van der Waals surface area contributed by atoms with Crippen molar-refractivity contribution in [3.05, 3.63) is 56.6 Å². The number of rotatable bonds is 3. The average Bonchev–Trinajstić information content (AvgIpc) is 3.01. The van der Waals surface area contributed by atoms with Gasteiger partial charge in [0.05, 0.1) is 18.4 Å². The van der Waals surface area contributed by atoms with Crippen LogP contribution in [0.4, 0.5) is 8.78 Å². The van der Waals surface area contributed by atoms with Crippen molar-refractivity contribution >= 4 is 22.8 Å². The summed E-state index contributed by atoms with van der Waals surface area (Å²) in [5, 5.41) is 0.923. The smallest absolute Gasteiger partial charge is 0.198 e. The molecule has 1 aromatic rings. The van der Waals surface area contributed by atoms with Gasteiger partial charge in [-0.3, -0.25) is 9.79 Å². The molecule has 0 N–H and O–H groups in total. The molecule has 2 aliphatic rings. The minimum Gasteiger partial charge on any atom is -0.493 e. The van der Waals surface area contributed by atoms with Gasteiger partial charge in [-0.15, -0.1) is 11.3 Å². The second-order valence-electron chi connectivity index (χ2n) is 4.60. The predicted molar refractivity (Wildman–Crippen MR) is 75.3 cm³/mol. The van der Waals surface area contributed by atoms with Gasteiger partial charge in [-0.2, -0.15) is 4.39 Å². The summed E-state index contributed by atoms with van der Waals surface area (Å²) in [6.45, 7) is 1.72. The number of halogens is 2. The fraction of sp³-hybridized carbons (Fsp3) is 0.200. The zero-order valence-electron chi connectivity index (χ0n) is 11.3. The molecular weight excluding hydrogens is 296 g/mol. The predicted octanol–water partition coefficient (Wildman–Crippen LogP) is 3.76. The lowest BCUT2D eigenvalue weighted by molar-refractivity contribution is 0.102. The summed E-state index contributed by atoms with van der Waals surface area (Å²) >= 11 is 0.816. The first-order chi connectivity index (χ1) is 10.0. The fourth-order valence-electron chi connectivity index (χ4n) is 2.35. The summed E-state index contributed by atoms with van der Waals surface area (Å²) in [7, 11) is 1.30. The molecule has 0 aromatic carbocycles. The van der Waals surface area contributed by atoms with Gasteiger partial charge in [0, 0.05) is 34.7 Å². The summed E-state index contributed by atoms with van der Waals surface area (Å²) in [5.74, 6) is -1.18. The number of ether oxygens (including phenoxy) is 1. The summed E-state index contributed by atoms with van der Waals surface area (Å²) in [6, 6.07) is 1.13. The van der Waals surface area contributed by atoms with Gasteiger partial charge in [0.2, 0.25) is 0 Å². The molecular formula is C15H10F2NO2S. The number of thiophene rings is 1. The Kier molecular flexibility index (Phi) is 3.33. The molecule has 0 unspecified atom stereocenters. The molecule has 3 nitrogen and oxygen atoms in total. The third kappa shape index (κ3) is 2.25. The Labute approximate surface area is 124 Å². The quantitative estimate of drug-likeness (QED) is 0.798. The van der Waals surface area contributed by atoms with Gasteiger partial charge in [0.1, 0.15) is 5.83 Å². The highest BCUT2D eigenvalue weighted by Gasteiger charge is 2.34. The zero-order valence-corrected chi connectivity index (χ0v) is 12.1. The van der Waals surface area contributed by atoms with Crippen molar-refractivity contribution in [1.29, 1.82) is 0 Å². The van der Waals surface area contributed by atoms with Crippen LogP contribution in [-0.2, 0) is 4.74 Å². The number of methoxy groups -OCH3 is 1. The monoisotopic (exact) mass is 306 g/mol. The average molecular weight is 306 g/mol. The minimum absolute atomic E-state index is 0.0301. The fourth-order valence-corrected chi connectivity index (χ4v) is 2.96. The summed E-state index contributed by atoms with van der Waals surface area (Å²) in [4.78, 5) is 16.7. The molecule has 107 valence electrons. The summed E-state index contributed by atoms with van der Waals surface area (Å²) < 4.78 is 32.3. The Hall–Kier alpha value is -2.08. The first kappa shape index (κ1) is 13.9. The number of Topliss-reactive ketones (excluding diaryl/α,β-unsaturated/α-hetero) is 1. The van der Waals surface area contributed by atoms with Gasteiger partial charge in [-0.05, 0) is 13.0 Å². The van der Waals surface area contributed by atoms with E-state index in [9.17, 15) is 13.6 Å². The third-order valence-corrected chi connectivity index (χ3v) is 3.92. The maximum Gasteiger partial charge on any atom is 0.198 e. The van der Waals surface area contributed by atoms with Gasteiger partial charge >= 0.3 is 0 Å². The molecule has 0 amide bonds. The molecule has 0 atom stereocenters. The number of hydrogen-bond donors (Lipinski definition) is 0. The van der Waals surface area contributed by atoms with E-state index in [-0.39, 0.29) is 23.3 Å². The van der Waals surface area contributed by atoms with Crippen LogP contribution in [0.3, 0.4) is 0 Å². The Morgan fingerprint density at radius 2 is 2.24 bits per heavy atom. The number of hydrogen-bond acceptors (Lipinski definition) is 4. The Morgan fingerprint density at radius 1 is 1.48 bits per heavy atom. The number of allylic oxidation sites excluding steroid dienone is 5. The highest BCUT2D eigenvalue weighted by molar-refractivity contribution is 7.08. The molecule has 0 spiro atoms. The molecule has 3 rings (SSSR count). The van der Waals surface area contributed by atoms with E-state index >= 15 is 0 Å². The highest BCUT2D eigenvalue weighted by Crippen LogP contribution is 2.36. The van der Waals surface area contributed by atoms with Gasteiger partial charge < -0.3 is 4.74 Å². The largest absolute Gasteiger partial charge is 0.493 e. The second kappa shape index (κ2) is 5.04.